The Bertz CT molecular complexity index is 971. The van der Waals surface area contributed by atoms with Crippen molar-refractivity contribution >= 4 is 29.1 Å². The number of carbonyl (C=O) groups excluding carboxylic acids is 2. The largest absolute Gasteiger partial charge is 0.491 e. The number of amides is 2. The van der Waals surface area contributed by atoms with Gasteiger partial charge in [0.15, 0.2) is 6.61 Å². The fourth-order valence-electron chi connectivity index (χ4n) is 3.00. The van der Waals surface area contributed by atoms with Gasteiger partial charge in [0, 0.05) is 32.5 Å². The maximum Gasteiger partial charge on any atom is 0.257 e. The molecule has 3 rings (SSSR count). The van der Waals surface area contributed by atoms with Crippen LogP contribution in [0.3, 0.4) is 0 Å². The first-order chi connectivity index (χ1) is 16.0. The van der Waals surface area contributed by atoms with Crippen LogP contribution in [0.4, 0.5) is 0 Å². The van der Waals surface area contributed by atoms with E-state index in [4.69, 9.17) is 21.1 Å². The highest BCUT2D eigenvalue weighted by Gasteiger charge is 2.15. The highest BCUT2D eigenvalue weighted by Crippen LogP contribution is 2.26. The molecule has 1 atom stereocenters. The summed E-state index contributed by atoms with van der Waals surface area (Å²) in [6, 6.07) is 14.4. The molecular formula is C23H27ClN4O5. The molecule has 0 spiro atoms. The third-order valence-electron chi connectivity index (χ3n) is 4.72. The number of carbonyl (C=O) groups is 2. The van der Waals surface area contributed by atoms with Crippen LogP contribution in [0.2, 0.25) is 5.02 Å². The van der Waals surface area contributed by atoms with Gasteiger partial charge >= 0.3 is 0 Å². The van der Waals surface area contributed by atoms with Crippen LogP contribution in [-0.4, -0.2) is 61.6 Å². The van der Waals surface area contributed by atoms with Crippen molar-refractivity contribution in [2.75, 3.05) is 32.8 Å². The zero-order valence-electron chi connectivity index (χ0n) is 18.1. The lowest BCUT2D eigenvalue weighted by Gasteiger charge is -2.14. The Balaban J connectivity index is 1.29. The Hall–Kier alpha value is -3.14. The van der Waals surface area contributed by atoms with Crippen LogP contribution in [0.25, 0.3) is 0 Å². The van der Waals surface area contributed by atoms with E-state index >= 15 is 0 Å². The second-order valence-corrected chi connectivity index (χ2v) is 7.77. The Morgan fingerprint density at radius 1 is 1.15 bits per heavy atom. The molecule has 0 radical (unpaired) electrons. The van der Waals surface area contributed by atoms with Gasteiger partial charge in [0.05, 0.1) is 10.7 Å². The minimum Gasteiger partial charge on any atom is -0.491 e. The molecular weight excluding hydrogens is 448 g/mol. The molecule has 10 heteroatoms. The minimum absolute atomic E-state index is 0.112. The van der Waals surface area contributed by atoms with E-state index in [0.717, 1.165) is 11.3 Å². The van der Waals surface area contributed by atoms with Gasteiger partial charge in [-0.05, 0) is 35.9 Å². The summed E-state index contributed by atoms with van der Waals surface area (Å²) in [4.78, 5) is 23.2. The minimum atomic E-state index is -0.662. The lowest BCUT2D eigenvalue weighted by Crippen LogP contribution is -2.38. The first-order valence-electron chi connectivity index (χ1n) is 10.6. The number of nitrogens with zero attached hydrogens (tertiary/aromatic N) is 1. The Morgan fingerprint density at radius 2 is 1.97 bits per heavy atom. The first-order valence-corrected chi connectivity index (χ1v) is 11.0. The van der Waals surface area contributed by atoms with Gasteiger partial charge in [0.25, 0.3) is 5.91 Å². The number of ether oxygens (including phenoxy) is 2. The van der Waals surface area contributed by atoms with E-state index in [1.54, 1.807) is 18.2 Å². The highest BCUT2D eigenvalue weighted by molar-refractivity contribution is 6.32. The van der Waals surface area contributed by atoms with E-state index < -0.39 is 6.10 Å². The van der Waals surface area contributed by atoms with E-state index in [1.165, 1.54) is 0 Å². The van der Waals surface area contributed by atoms with Crippen molar-refractivity contribution in [1.29, 1.82) is 0 Å². The number of hydrogen-bond donors (Lipinski definition) is 4. The Morgan fingerprint density at radius 3 is 2.70 bits per heavy atom. The van der Waals surface area contributed by atoms with Gasteiger partial charge in [-0.3, -0.25) is 9.59 Å². The van der Waals surface area contributed by atoms with Gasteiger partial charge in [-0.15, -0.1) is 0 Å². The van der Waals surface area contributed by atoms with Crippen molar-refractivity contribution in [1.82, 2.24) is 16.1 Å². The highest BCUT2D eigenvalue weighted by atomic mass is 35.5. The number of aliphatic hydroxyl groups excluding tert-OH is 1. The molecule has 1 unspecified atom stereocenters. The van der Waals surface area contributed by atoms with E-state index in [9.17, 15) is 14.7 Å². The SMILES string of the molecule is O=C(COc1ccc(C2=NNC(=O)CC2)cc1Cl)NCCNCC(O)COc1ccccc1. The predicted molar refractivity (Wildman–Crippen MR) is 125 cm³/mol. The van der Waals surface area contributed by atoms with E-state index in [1.807, 2.05) is 30.3 Å². The van der Waals surface area contributed by atoms with Gasteiger partial charge in [0.2, 0.25) is 5.91 Å². The predicted octanol–water partition coefficient (Wildman–Crippen LogP) is 1.48. The van der Waals surface area contributed by atoms with Crippen LogP contribution >= 0.6 is 11.6 Å². The van der Waals surface area contributed by atoms with Crippen LogP contribution in [0.5, 0.6) is 11.5 Å². The van der Waals surface area contributed by atoms with Crippen molar-refractivity contribution in [3.8, 4) is 11.5 Å². The van der Waals surface area contributed by atoms with Crippen molar-refractivity contribution in [3.05, 3.63) is 59.1 Å². The van der Waals surface area contributed by atoms with E-state index in [-0.39, 0.29) is 25.0 Å². The van der Waals surface area contributed by atoms with Gasteiger partial charge in [-0.25, -0.2) is 5.43 Å². The average Bonchev–Trinajstić information content (AvgIpc) is 2.83. The smallest absolute Gasteiger partial charge is 0.257 e. The molecule has 0 saturated carbocycles. The van der Waals surface area contributed by atoms with Crippen molar-refractivity contribution in [2.45, 2.75) is 18.9 Å². The van der Waals surface area contributed by atoms with Gasteiger partial charge in [-0.1, -0.05) is 29.8 Å². The summed E-state index contributed by atoms with van der Waals surface area (Å²) >= 11 is 6.26. The summed E-state index contributed by atoms with van der Waals surface area (Å²) in [5, 5.41) is 20.1. The zero-order valence-corrected chi connectivity index (χ0v) is 18.8. The lowest BCUT2D eigenvalue weighted by molar-refractivity contribution is -0.123. The number of hydrogen-bond acceptors (Lipinski definition) is 7. The maximum atomic E-state index is 12.0. The second-order valence-electron chi connectivity index (χ2n) is 7.36. The summed E-state index contributed by atoms with van der Waals surface area (Å²) in [6.45, 7) is 1.22. The molecule has 33 heavy (non-hydrogen) atoms. The van der Waals surface area contributed by atoms with Gasteiger partial charge < -0.3 is 25.2 Å². The maximum absolute atomic E-state index is 12.0. The van der Waals surface area contributed by atoms with E-state index in [0.29, 0.717) is 49.0 Å². The van der Waals surface area contributed by atoms with Crippen LogP contribution in [0, 0.1) is 0 Å². The number of nitrogens with one attached hydrogen (secondary N) is 3. The lowest BCUT2D eigenvalue weighted by atomic mass is 10.0. The summed E-state index contributed by atoms with van der Waals surface area (Å²) in [7, 11) is 0. The molecule has 0 saturated heterocycles. The number of hydrazone groups is 1. The van der Waals surface area contributed by atoms with Crippen LogP contribution in [0.1, 0.15) is 18.4 Å². The van der Waals surface area contributed by atoms with Gasteiger partial charge in [-0.2, -0.15) is 5.10 Å². The monoisotopic (exact) mass is 474 g/mol. The molecule has 0 aliphatic carbocycles. The Kier molecular flexibility index (Phi) is 9.49. The number of para-hydroxylation sites is 1. The number of halogens is 1. The fourth-order valence-corrected chi connectivity index (χ4v) is 3.24. The first kappa shape index (κ1) is 24.5. The molecule has 9 nitrogen and oxygen atoms in total. The van der Waals surface area contributed by atoms with Gasteiger partial charge in [0.1, 0.15) is 24.2 Å². The molecule has 1 aliphatic rings. The summed E-state index contributed by atoms with van der Waals surface area (Å²) in [5.74, 6) is 0.689. The average molecular weight is 475 g/mol. The van der Waals surface area contributed by atoms with Crippen molar-refractivity contribution in [2.24, 2.45) is 5.10 Å². The fraction of sp³-hybridized carbons (Fsp3) is 0.348. The third-order valence-corrected chi connectivity index (χ3v) is 5.01. The molecule has 0 bridgehead atoms. The molecule has 4 N–H and O–H groups in total. The molecule has 176 valence electrons. The zero-order chi connectivity index (χ0) is 23.5. The molecule has 0 aromatic heterocycles. The molecule has 1 aliphatic heterocycles. The summed E-state index contributed by atoms with van der Waals surface area (Å²) < 4.78 is 11.0. The van der Waals surface area contributed by atoms with Crippen molar-refractivity contribution < 1.29 is 24.2 Å². The van der Waals surface area contributed by atoms with Crippen molar-refractivity contribution in [3.63, 3.8) is 0 Å². The van der Waals surface area contributed by atoms with Crippen LogP contribution in [-0.2, 0) is 9.59 Å². The van der Waals surface area contributed by atoms with Crippen LogP contribution in [0.15, 0.2) is 53.6 Å². The standard InChI is InChI=1S/C23H27ClN4O5/c24-19-12-16(20-7-9-22(30)28-27-20)6-8-21(19)33-15-23(31)26-11-10-25-13-17(29)14-32-18-4-2-1-3-5-18/h1-6,8,12,17,25,29H,7,9-11,13-15H2,(H,26,31)(H,28,30). The topological polar surface area (TPSA) is 121 Å². The number of benzene rings is 2. The van der Waals surface area contributed by atoms with Crippen LogP contribution < -0.4 is 25.5 Å². The van der Waals surface area contributed by atoms with E-state index in [2.05, 4.69) is 21.2 Å². The number of aliphatic hydroxyl groups is 1. The molecule has 2 aromatic rings. The summed E-state index contributed by atoms with van der Waals surface area (Å²) in [5.41, 5.74) is 3.98. The molecule has 2 amide bonds. The number of rotatable bonds is 12. The Labute approximate surface area is 197 Å². The summed E-state index contributed by atoms with van der Waals surface area (Å²) in [6.07, 6.45) is 0.255. The third kappa shape index (κ3) is 8.38. The molecule has 2 aromatic carbocycles. The molecule has 0 fully saturated rings. The quantitative estimate of drug-likeness (QED) is 0.346. The second kappa shape index (κ2) is 12.8. The normalized spacial score (nSPS) is 14.1. The molecule has 1 heterocycles.